The van der Waals surface area contributed by atoms with E-state index in [4.69, 9.17) is 14.9 Å². The molecule has 0 radical (unpaired) electrons. The van der Waals surface area contributed by atoms with Crippen molar-refractivity contribution in [3.63, 3.8) is 0 Å². The molecular formula is C13H15NO2. The molecule has 0 amide bonds. The number of furan rings is 1. The van der Waals surface area contributed by atoms with Crippen molar-refractivity contribution in [3.8, 4) is 0 Å². The Balaban J connectivity index is 1.70. The Morgan fingerprint density at radius 2 is 1.94 bits per heavy atom. The highest BCUT2D eigenvalue weighted by Crippen LogP contribution is 2.07. The zero-order valence-corrected chi connectivity index (χ0v) is 9.06. The Hall–Kier alpha value is -1.74. The van der Waals surface area contributed by atoms with Crippen molar-refractivity contribution in [1.82, 2.24) is 0 Å². The molecule has 3 nitrogen and oxygen atoms in total. The third kappa shape index (κ3) is 3.14. The van der Waals surface area contributed by atoms with Crippen LogP contribution in [0.3, 0.4) is 0 Å². The summed E-state index contributed by atoms with van der Waals surface area (Å²) in [5, 5.41) is 0. The maximum atomic E-state index is 5.60. The number of anilines is 1. The van der Waals surface area contributed by atoms with E-state index in [2.05, 4.69) is 0 Å². The average Bonchev–Trinajstić information content (AvgIpc) is 2.80. The summed E-state index contributed by atoms with van der Waals surface area (Å²) in [4.78, 5) is 0. The van der Waals surface area contributed by atoms with Crippen LogP contribution in [0.5, 0.6) is 0 Å². The van der Waals surface area contributed by atoms with Gasteiger partial charge in [-0.15, -0.1) is 0 Å². The van der Waals surface area contributed by atoms with Gasteiger partial charge in [0.05, 0.1) is 12.9 Å². The first-order chi connectivity index (χ1) is 7.84. The molecule has 0 unspecified atom stereocenters. The van der Waals surface area contributed by atoms with Gasteiger partial charge in [-0.05, 0) is 36.2 Å². The molecule has 0 fully saturated rings. The highest BCUT2D eigenvalue weighted by molar-refractivity contribution is 5.39. The minimum Gasteiger partial charge on any atom is -0.467 e. The summed E-state index contributed by atoms with van der Waals surface area (Å²) >= 11 is 0. The van der Waals surface area contributed by atoms with Crippen LogP contribution in [0.15, 0.2) is 47.1 Å². The van der Waals surface area contributed by atoms with Crippen LogP contribution in [0.25, 0.3) is 0 Å². The van der Waals surface area contributed by atoms with Crippen molar-refractivity contribution in [2.24, 2.45) is 0 Å². The Morgan fingerprint density at radius 1 is 1.12 bits per heavy atom. The van der Waals surface area contributed by atoms with Crippen molar-refractivity contribution >= 4 is 5.69 Å². The molecular weight excluding hydrogens is 202 g/mol. The topological polar surface area (TPSA) is 48.4 Å². The zero-order valence-electron chi connectivity index (χ0n) is 9.06. The number of ether oxygens (including phenoxy) is 1. The molecule has 3 heteroatoms. The lowest BCUT2D eigenvalue weighted by Gasteiger charge is -2.03. The van der Waals surface area contributed by atoms with Crippen molar-refractivity contribution in [3.05, 3.63) is 54.0 Å². The van der Waals surface area contributed by atoms with Crippen LogP contribution >= 0.6 is 0 Å². The Bertz CT molecular complexity index is 406. The largest absolute Gasteiger partial charge is 0.467 e. The lowest BCUT2D eigenvalue weighted by Crippen LogP contribution is -1.98. The fourth-order valence-corrected chi connectivity index (χ4v) is 1.44. The predicted molar refractivity (Wildman–Crippen MR) is 62.9 cm³/mol. The first-order valence-corrected chi connectivity index (χ1v) is 5.29. The molecule has 0 aliphatic rings. The van der Waals surface area contributed by atoms with Gasteiger partial charge < -0.3 is 14.9 Å². The molecule has 0 atom stereocenters. The molecule has 2 aromatic rings. The molecule has 1 heterocycles. The number of hydrogen-bond donors (Lipinski definition) is 1. The van der Waals surface area contributed by atoms with Crippen molar-refractivity contribution < 1.29 is 9.15 Å². The summed E-state index contributed by atoms with van der Waals surface area (Å²) in [6.07, 6.45) is 2.54. The lowest BCUT2D eigenvalue weighted by atomic mass is 10.1. The maximum absolute atomic E-state index is 5.60. The highest BCUT2D eigenvalue weighted by atomic mass is 16.5. The van der Waals surface area contributed by atoms with E-state index in [-0.39, 0.29) is 0 Å². The fourth-order valence-electron chi connectivity index (χ4n) is 1.44. The van der Waals surface area contributed by atoms with Gasteiger partial charge in [0.1, 0.15) is 12.4 Å². The van der Waals surface area contributed by atoms with E-state index >= 15 is 0 Å². The van der Waals surface area contributed by atoms with Gasteiger partial charge in [-0.3, -0.25) is 0 Å². The SMILES string of the molecule is Nc1ccc(CCOCc2ccco2)cc1. The van der Waals surface area contributed by atoms with Crippen molar-refractivity contribution in [2.45, 2.75) is 13.0 Å². The summed E-state index contributed by atoms with van der Waals surface area (Å²) in [5.41, 5.74) is 7.62. The minimum absolute atomic E-state index is 0.530. The first-order valence-electron chi connectivity index (χ1n) is 5.29. The molecule has 0 aliphatic carbocycles. The second-order valence-electron chi connectivity index (χ2n) is 3.62. The van der Waals surface area contributed by atoms with Crippen molar-refractivity contribution in [1.29, 1.82) is 0 Å². The van der Waals surface area contributed by atoms with Gasteiger partial charge >= 0.3 is 0 Å². The summed E-state index contributed by atoms with van der Waals surface area (Å²) in [6, 6.07) is 11.6. The van der Waals surface area contributed by atoms with E-state index in [1.54, 1.807) is 6.26 Å². The molecule has 0 spiro atoms. The molecule has 16 heavy (non-hydrogen) atoms. The van der Waals surface area contributed by atoms with Gasteiger partial charge in [0.15, 0.2) is 0 Å². The normalized spacial score (nSPS) is 10.5. The number of rotatable bonds is 5. The predicted octanol–water partition coefficient (Wildman–Crippen LogP) is 2.62. The van der Waals surface area contributed by atoms with E-state index in [9.17, 15) is 0 Å². The molecule has 0 saturated heterocycles. The summed E-state index contributed by atoms with van der Waals surface area (Å²) < 4.78 is 10.6. The highest BCUT2D eigenvalue weighted by Gasteiger charge is 1.96. The standard InChI is InChI=1S/C13H15NO2/c14-12-5-3-11(4-6-12)7-9-15-10-13-2-1-8-16-13/h1-6,8H,7,9-10,14H2. The second-order valence-corrected chi connectivity index (χ2v) is 3.62. The zero-order chi connectivity index (χ0) is 11.2. The Labute approximate surface area is 94.8 Å². The van der Waals surface area contributed by atoms with Crippen LogP contribution in [0.1, 0.15) is 11.3 Å². The van der Waals surface area contributed by atoms with E-state index in [0.717, 1.165) is 17.9 Å². The average molecular weight is 217 g/mol. The van der Waals surface area contributed by atoms with Crippen LogP contribution < -0.4 is 5.73 Å². The number of benzene rings is 1. The number of hydrogen-bond acceptors (Lipinski definition) is 3. The van der Waals surface area contributed by atoms with E-state index in [1.165, 1.54) is 5.56 Å². The summed E-state index contributed by atoms with van der Waals surface area (Å²) in [5.74, 6) is 0.859. The fraction of sp³-hybridized carbons (Fsp3) is 0.231. The van der Waals surface area contributed by atoms with E-state index in [0.29, 0.717) is 13.2 Å². The molecule has 1 aromatic heterocycles. The smallest absolute Gasteiger partial charge is 0.129 e. The minimum atomic E-state index is 0.530. The lowest BCUT2D eigenvalue weighted by molar-refractivity contribution is 0.109. The third-order valence-corrected chi connectivity index (χ3v) is 2.34. The monoisotopic (exact) mass is 217 g/mol. The first kappa shape index (κ1) is 10.8. The van der Waals surface area contributed by atoms with Crippen molar-refractivity contribution in [2.75, 3.05) is 12.3 Å². The third-order valence-electron chi connectivity index (χ3n) is 2.34. The molecule has 0 bridgehead atoms. The second kappa shape index (κ2) is 5.37. The Kier molecular flexibility index (Phi) is 3.62. The quantitative estimate of drug-likeness (QED) is 0.618. The molecule has 0 saturated carbocycles. The molecule has 2 N–H and O–H groups in total. The van der Waals surface area contributed by atoms with Gasteiger partial charge in [-0.25, -0.2) is 0 Å². The van der Waals surface area contributed by atoms with Gasteiger partial charge in [-0.1, -0.05) is 12.1 Å². The van der Waals surface area contributed by atoms with E-state index in [1.807, 2.05) is 36.4 Å². The van der Waals surface area contributed by atoms with Gasteiger partial charge in [-0.2, -0.15) is 0 Å². The van der Waals surface area contributed by atoms with Crippen LogP contribution in [0.4, 0.5) is 5.69 Å². The summed E-state index contributed by atoms with van der Waals surface area (Å²) in [6.45, 7) is 1.21. The van der Waals surface area contributed by atoms with Gasteiger partial charge in [0, 0.05) is 5.69 Å². The van der Waals surface area contributed by atoms with Crippen LogP contribution in [0.2, 0.25) is 0 Å². The Morgan fingerprint density at radius 3 is 2.62 bits per heavy atom. The van der Waals surface area contributed by atoms with Crippen LogP contribution in [-0.4, -0.2) is 6.61 Å². The van der Waals surface area contributed by atoms with E-state index < -0.39 is 0 Å². The number of nitrogens with two attached hydrogens (primary N) is 1. The number of nitrogen functional groups attached to an aromatic ring is 1. The maximum Gasteiger partial charge on any atom is 0.129 e. The molecule has 2 rings (SSSR count). The molecule has 84 valence electrons. The summed E-state index contributed by atoms with van der Waals surface area (Å²) in [7, 11) is 0. The van der Waals surface area contributed by atoms with Crippen LogP contribution in [0, 0.1) is 0 Å². The van der Waals surface area contributed by atoms with Crippen LogP contribution in [-0.2, 0) is 17.8 Å². The van der Waals surface area contributed by atoms with Gasteiger partial charge in [0.2, 0.25) is 0 Å². The van der Waals surface area contributed by atoms with Gasteiger partial charge in [0.25, 0.3) is 0 Å². The molecule has 0 aliphatic heterocycles. The molecule has 1 aromatic carbocycles.